The molecule has 2 N–H and O–H groups in total. The summed E-state index contributed by atoms with van der Waals surface area (Å²) in [5.41, 5.74) is 4.85. The molecule has 0 aliphatic carbocycles. The molecule has 222 valence electrons. The van der Waals surface area contributed by atoms with Crippen molar-refractivity contribution in [3.63, 3.8) is 0 Å². The van der Waals surface area contributed by atoms with Crippen molar-refractivity contribution in [2.45, 2.75) is 32.1 Å². The van der Waals surface area contributed by atoms with Crippen molar-refractivity contribution in [2.24, 2.45) is 5.10 Å². The molecule has 4 rings (SSSR count). The third-order valence-corrected chi connectivity index (χ3v) is 7.43. The highest BCUT2D eigenvalue weighted by Gasteiger charge is 2.25. The van der Waals surface area contributed by atoms with Crippen molar-refractivity contribution in [3.05, 3.63) is 128 Å². The second-order valence-electron chi connectivity index (χ2n) is 9.39. The Morgan fingerprint density at radius 2 is 1.53 bits per heavy atom. The van der Waals surface area contributed by atoms with Gasteiger partial charge in [-0.2, -0.15) is 5.10 Å². The number of nitrogens with zero attached hydrogens (tertiary/aromatic N) is 1. The Morgan fingerprint density at radius 1 is 0.791 bits per heavy atom. The molecule has 0 spiro atoms. The van der Waals surface area contributed by atoms with Crippen molar-refractivity contribution in [2.75, 3.05) is 0 Å². The Morgan fingerprint density at radius 3 is 2.28 bits per heavy atom. The van der Waals surface area contributed by atoms with E-state index in [4.69, 9.17) is 55.9 Å². The summed E-state index contributed by atoms with van der Waals surface area (Å²) in [4.78, 5) is 26.3. The monoisotopic (exact) mass is 657 g/mol. The molecule has 0 aliphatic heterocycles. The van der Waals surface area contributed by atoms with Gasteiger partial charge in [-0.3, -0.25) is 9.59 Å². The molecule has 0 heterocycles. The molecule has 4 aromatic carbocycles. The molecule has 0 radical (unpaired) electrons. The van der Waals surface area contributed by atoms with Gasteiger partial charge in [-0.25, -0.2) is 5.43 Å². The second-order valence-corrected chi connectivity index (χ2v) is 11.1. The fourth-order valence-corrected chi connectivity index (χ4v) is 4.69. The van der Waals surface area contributed by atoms with Crippen LogP contribution in [-0.4, -0.2) is 30.2 Å². The molecule has 0 aromatic heterocycles. The van der Waals surface area contributed by atoms with Crippen molar-refractivity contribution < 1.29 is 19.1 Å². The molecule has 0 bridgehead atoms. The number of rotatable bonds is 12. The third-order valence-electron chi connectivity index (χ3n) is 6.16. The SMILES string of the molecule is C[C@H](Oc1ccc(Cl)cc1Cl)C(=O)N[C@H](Cc1ccccc1)C(=O)N/N=C\c1ccccc1OCc1ccc(Cl)c(Cl)c1. The molecule has 0 unspecified atom stereocenters. The van der Waals surface area contributed by atoms with Crippen LogP contribution < -0.4 is 20.2 Å². The van der Waals surface area contributed by atoms with Gasteiger partial charge in [-0.1, -0.05) is 94.9 Å². The lowest BCUT2D eigenvalue weighted by Gasteiger charge is -2.21. The highest BCUT2D eigenvalue weighted by molar-refractivity contribution is 6.42. The van der Waals surface area contributed by atoms with Crippen LogP contribution in [0.1, 0.15) is 23.6 Å². The van der Waals surface area contributed by atoms with E-state index in [2.05, 4.69) is 15.8 Å². The number of hydrogen-bond acceptors (Lipinski definition) is 5. The number of nitrogens with one attached hydrogen (secondary N) is 2. The van der Waals surface area contributed by atoms with E-state index in [-0.39, 0.29) is 18.1 Å². The summed E-state index contributed by atoms with van der Waals surface area (Å²) in [5, 5.41) is 8.49. The van der Waals surface area contributed by atoms with Crippen LogP contribution in [0.25, 0.3) is 0 Å². The average Bonchev–Trinajstić information content (AvgIpc) is 2.99. The lowest BCUT2D eigenvalue weighted by Crippen LogP contribution is -2.50. The van der Waals surface area contributed by atoms with Crippen LogP contribution in [0.15, 0.2) is 96.1 Å². The fraction of sp³-hybridized carbons (Fsp3) is 0.156. The topological polar surface area (TPSA) is 89.0 Å². The van der Waals surface area contributed by atoms with Crippen molar-refractivity contribution in [3.8, 4) is 11.5 Å². The Balaban J connectivity index is 1.42. The molecule has 43 heavy (non-hydrogen) atoms. The summed E-state index contributed by atoms with van der Waals surface area (Å²) < 4.78 is 11.7. The number of hydrogen-bond donors (Lipinski definition) is 2. The van der Waals surface area contributed by atoms with E-state index in [9.17, 15) is 9.59 Å². The third kappa shape index (κ3) is 9.63. The number of hydrazone groups is 1. The normalized spacial score (nSPS) is 12.4. The van der Waals surface area contributed by atoms with Gasteiger partial charge in [-0.15, -0.1) is 0 Å². The van der Waals surface area contributed by atoms with Crippen LogP contribution in [0.2, 0.25) is 20.1 Å². The molecular weight excluding hydrogens is 632 g/mol. The number of carbonyl (C=O) groups excluding carboxylic acids is 2. The summed E-state index contributed by atoms with van der Waals surface area (Å²) in [6.07, 6.45) is 0.747. The molecule has 0 saturated carbocycles. The van der Waals surface area contributed by atoms with Gasteiger partial charge in [0.2, 0.25) is 0 Å². The van der Waals surface area contributed by atoms with Crippen LogP contribution in [0.3, 0.4) is 0 Å². The molecule has 4 aromatic rings. The van der Waals surface area contributed by atoms with E-state index in [0.717, 1.165) is 11.1 Å². The van der Waals surface area contributed by atoms with E-state index in [0.29, 0.717) is 32.1 Å². The smallest absolute Gasteiger partial charge is 0.262 e. The van der Waals surface area contributed by atoms with Crippen LogP contribution in [-0.2, 0) is 22.6 Å². The summed E-state index contributed by atoms with van der Waals surface area (Å²) in [6, 6.07) is 25.5. The first-order valence-corrected chi connectivity index (χ1v) is 14.7. The Bertz CT molecular complexity index is 1600. The van der Waals surface area contributed by atoms with Gasteiger partial charge < -0.3 is 14.8 Å². The zero-order valence-corrected chi connectivity index (χ0v) is 25.9. The van der Waals surface area contributed by atoms with Crippen LogP contribution >= 0.6 is 46.4 Å². The molecule has 0 aliphatic rings. The van der Waals surface area contributed by atoms with Crippen molar-refractivity contribution >= 4 is 64.4 Å². The maximum absolute atomic E-state index is 13.2. The van der Waals surface area contributed by atoms with Gasteiger partial charge >= 0.3 is 0 Å². The maximum atomic E-state index is 13.2. The first-order valence-electron chi connectivity index (χ1n) is 13.1. The number of ether oxygens (including phenoxy) is 2. The Hall–Kier alpha value is -3.75. The summed E-state index contributed by atoms with van der Waals surface area (Å²) in [5.74, 6) is -0.179. The van der Waals surface area contributed by atoms with Gasteiger partial charge in [0.15, 0.2) is 6.10 Å². The molecule has 2 amide bonds. The first-order chi connectivity index (χ1) is 20.7. The Labute approximate surface area is 269 Å². The summed E-state index contributed by atoms with van der Waals surface area (Å²) in [7, 11) is 0. The van der Waals surface area contributed by atoms with E-state index < -0.39 is 24.0 Å². The van der Waals surface area contributed by atoms with E-state index in [1.165, 1.54) is 12.3 Å². The maximum Gasteiger partial charge on any atom is 0.262 e. The van der Waals surface area contributed by atoms with Gasteiger partial charge in [0, 0.05) is 17.0 Å². The largest absolute Gasteiger partial charge is 0.488 e. The minimum atomic E-state index is -0.951. The predicted octanol–water partition coefficient (Wildman–Crippen LogP) is 7.52. The van der Waals surface area contributed by atoms with Gasteiger partial charge in [0.05, 0.1) is 21.3 Å². The standard InChI is InChI=1S/C32H27Cl4N3O4/c1-20(43-30-14-12-24(33)17-27(30)36)31(40)38-28(16-21-7-3-2-4-8-21)32(41)39-37-18-23-9-5-6-10-29(23)42-19-22-11-13-25(34)26(35)15-22/h2-15,17-18,20,28H,16,19H2,1H3,(H,38,40)(H,39,41)/b37-18-/t20-,28+/m0/s1. The van der Waals surface area contributed by atoms with E-state index in [1.54, 1.807) is 43.3 Å². The molecular formula is C32H27Cl4N3O4. The van der Waals surface area contributed by atoms with Gasteiger partial charge in [-0.05, 0) is 60.5 Å². The summed E-state index contributed by atoms with van der Waals surface area (Å²) >= 11 is 24.2. The predicted molar refractivity (Wildman–Crippen MR) is 172 cm³/mol. The van der Waals surface area contributed by atoms with Crippen molar-refractivity contribution in [1.82, 2.24) is 10.7 Å². The van der Waals surface area contributed by atoms with Crippen LogP contribution in [0, 0.1) is 0 Å². The van der Waals surface area contributed by atoms with Gasteiger partial charge in [0.25, 0.3) is 11.8 Å². The minimum Gasteiger partial charge on any atom is -0.488 e. The van der Waals surface area contributed by atoms with Gasteiger partial charge in [0.1, 0.15) is 24.1 Å². The highest BCUT2D eigenvalue weighted by Crippen LogP contribution is 2.28. The number of halogens is 4. The number of amides is 2. The fourth-order valence-electron chi connectivity index (χ4n) is 3.92. The number of carbonyl (C=O) groups is 2. The first kappa shape index (κ1) is 32.2. The van der Waals surface area contributed by atoms with Crippen LogP contribution in [0.4, 0.5) is 0 Å². The lowest BCUT2D eigenvalue weighted by atomic mass is 10.1. The second kappa shape index (κ2) is 15.6. The number of benzene rings is 4. The molecule has 7 nitrogen and oxygen atoms in total. The minimum absolute atomic E-state index is 0.228. The average molecular weight is 659 g/mol. The van der Waals surface area contributed by atoms with Crippen molar-refractivity contribution in [1.29, 1.82) is 0 Å². The van der Waals surface area contributed by atoms with Crippen LogP contribution in [0.5, 0.6) is 11.5 Å². The summed E-state index contributed by atoms with van der Waals surface area (Å²) in [6.45, 7) is 1.81. The molecule has 2 atom stereocenters. The molecule has 0 fully saturated rings. The number of para-hydroxylation sites is 1. The zero-order chi connectivity index (χ0) is 30.8. The van der Waals surface area contributed by atoms with E-state index in [1.807, 2.05) is 48.5 Å². The quantitative estimate of drug-likeness (QED) is 0.122. The molecule has 11 heteroatoms. The highest BCUT2D eigenvalue weighted by atomic mass is 35.5. The van der Waals surface area contributed by atoms with E-state index >= 15 is 0 Å². The molecule has 0 saturated heterocycles. The zero-order valence-electron chi connectivity index (χ0n) is 22.9. The lowest BCUT2D eigenvalue weighted by molar-refractivity contribution is -0.132. The Kier molecular flexibility index (Phi) is 11.7.